The number of aromatic nitrogens is 2. The minimum Gasteiger partial charge on any atom is -0.497 e. The fraction of sp³-hybridized carbons (Fsp3) is 0.231. The monoisotopic (exact) mass is 507 g/mol. The summed E-state index contributed by atoms with van der Waals surface area (Å²) in [6.45, 7) is 3.25. The molecule has 4 aromatic rings. The van der Waals surface area contributed by atoms with Gasteiger partial charge in [-0.15, -0.1) is 0 Å². The van der Waals surface area contributed by atoms with Gasteiger partial charge >= 0.3 is 0 Å². The fourth-order valence-corrected chi connectivity index (χ4v) is 3.95. The lowest BCUT2D eigenvalue weighted by Crippen LogP contribution is -2.28. The highest BCUT2D eigenvalue weighted by Gasteiger charge is 2.19. The molecule has 7 heteroatoms. The van der Waals surface area contributed by atoms with Crippen LogP contribution >= 0.6 is 15.9 Å². The average molecular weight is 508 g/mol. The van der Waals surface area contributed by atoms with Crippen molar-refractivity contribution in [2.45, 2.75) is 25.9 Å². The van der Waals surface area contributed by atoms with Crippen LogP contribution in [0.3, 0.4) is 0 Å². The van der Waals surface area contributed by atoms with Gasteiger partial charge in [0.05, 0.1) is 30.8 Å². The minimum absolute atomic E-state index is 0.128. The number of rotatable bonds is 9. The lowest BCUT2D eigenvalue weighted by atomic mass is 10.2. The topological polar surface area (TPSA) is 65.4 Å². The van der Waals surface area contributed by atoms with Crippen molar-refractivity contribution in [3.8, 4) is 11.5 Å². The molecule has 1 amide bonds. The van der Waals surface area contributed by atoms with E-state index in [1.165, 1.54) is 0 Å². The summed E-state index contributed by atoms with van der Waals surface area (Å²) >= 11 is 3.40. The molecule has 1 aromatic heterocycles. The molecule has 0 saturated heterocycles. The second kappa shape index (κ2) is 10.5. The highest BCUT2D eigenvalue weighted by molar-refractivity contribution is 9.10. The van der Waals surface area contributed by atoms with E-state index in [-0.39, 0.29) is 11.9 Å². The number of benzene rings is 3. The van der Waals surface area contributed by atoms with E-state index in [1.807, 2.05) is 61.5 Å². The molecule has 0 spiro atoms. The summed E-state index contributed by atoms with van der Waals surface area (Å²) in [5.41, 5.74) is 2.57. The minimum atomic E-state index is -0.254. The molecule has 0 aliphatic heterocycles. The van der Waals surface area contributed by atoms with Gasteiger partial charge in [-0.05, 0) is 74.0 Å². The largest absolute Gasteiger partial charge is 0.497 e. The van der Waals surface area contributed by atoms with Crippen molar-refractivity contribution in [3.05, 3.63) is 88.7 Å². The van der Waals surface area contributed by atoms with Gasteiger partial charge in [-0.3, -0.25) is 4.79 Å². The summed E-state index contributed by atoms with van der Waals surface area (Å²) in [6.07, 6.45) is 0.798. The molecule has 1 heterocycles. The summed E-state index contributed by atoms with van der Waals surface area (Å²) in [7, 11) is 1.64. The van der Waals surface area contributed by atoms with Crippen molar-refractivity contribution in [3.63, 3.8) is 0 Å². The molecular formula is C26H26BrN3O3. The number of aryl methyl sites for hydroxylation is 1. The SMILES string of the molecule is COc1ccc(OCCCn2c(C(C)NC(=O)c3ccc(Br)cc3)nc3ccccc32)cc1. The number of carbonyl (C=O) groups excluding carboxylic acids is 1. The van der Waals surface area contributed by atoms with Gasteiger partial charge in [0.25, 0.3) is 5.91 Å². The van der Waals surface area contributed by atoms with Crippen molar-refractivity contribution in [1.82, 2.24) is 14.9 Å². The van der Waals surface area contributed by atoms with E-state index in [0.717, 1.165) is 45.8 Å². The smallest absolute Gasteiger partial charge is 0.251 e. The zero-order chi connectivity index (χ0) is 23.2. The highest BCUT2D eigenvalue weighted by Crippen LogP contribution is 2.22. The van der Waals surface area contributed by atoms with Crippen molar-refractivity contribution in [1.29, 1.82) is 0 Å². The number of imidazole rings is 1. The number of amides is 1. The third-order valence-electron chi connectivity index (χ3n) is 5.38. The Morgan fingerprint density at radius 2 is 1.73 bits per heavy atom. The van der Waals surface area contributed by atoms with Crippen LogP contribution in [-0.4, -0.2) is 29.2 Å². The Morgan fingerprint density at radius 1 is 1.03 bits per heavy atom. The van der Waals surface area contributed by atoms with Crippen LogP contribution in [0, 0.1) is 0 Å². The molecule has 6 nitrogen and oxygen atoms in total. The number of nitrogens with one attached hydrogen (secondary N) is 1. The van der Waals surface area contributed by atoms with Crippen LogP contribution in [-0.2, 0) is 6.54 Å². The van der Waals surface area contributed by atoms with Crippen LogP contribution in [0.1, 0.15) is 35.6 Å². The zero-order valence-corrected chi connectivity index (χ0v) is 20.2. The Morgan fingerprint density at radius 3 is 2.45 bits per heavy atom. The van der Waals surface area contributed by atoms with E-state index in [2.05, 4.69) is 31.9 Å². The van der Waals surface area contributed by atoms with Crippen LogP contribution in [0.15, 0.2) is 77.3 Å². The molecule has 0 bridgehead atoms. The Bertz CT molecular complexity index is 1220. The molecular weight excluding hydrogens is 482 g/mol. The molecule has 0 aliphatic carbocycles. The van der Waals surface area contributed by atoms with E-state index in [9.17, 15) is 4.79 Å². The predicted octanol–water partition coefficient (Wildman–Crippen LogP) is 5.77. The number of methoxy groups -OCH3 is 1. The lowest BCUT2D eigenvalue weighted by molar-refractivity contribution is 0.0937. The number of hydrogen-bond donors (Lipinski definition) is 1. The van der Waals surface area contributed by atoms with Crippen LogP contribution < -0.4 is 14.8 Å². The van der Waals surface area contributed by atoms with Crippen molar-refractivity contribution in [2.75, 3.05) is 13.7 Å². The van der Waals surface area contributed by atoms with Crippen LogP contribution in [0.5, 0.6) is 11.5 Å². The Kier molecular flexibility index (Phi) is 7.29. The molecule has 1 N–H and O–H groups in total. The van der Waals surface area contributed by atoms with Gasteiger partial charge in [-0.2, -0.15) is 0 Å². The Labute approximate surface area is 201 Å². The first-order valence-corrected chi connectivity index (χ1v) is 11.6. The molecule has 0 saturated carbocycles. The third-order valence-corrected chi connectivity index (χ3v) is 5.91. The molecule has 4 rings (SSSR count). The number of para-hydroxylation sites is 2. The molecule has 170 valence electrons. The van der Waals surface area contributed by atoms with Gasteiger partial charge in [0.1, 0.15) is 17.3 Å². The maximum absolute atomic E-state index is 12.7. The van der Waals surface area contributed by atoms with E-state index in [0.29, 0.717) is 12.2 Å². The number of halogens is 1. The molecule has 33 heavy (non-hydrogen) atoms. The van der Waals surface area contributed by atoms with Gasteiger partial charge < -0.3 is 19.4 Å². The molecule has 0 aliphatic rings. The second-order valence-electron chi connectivity index (χ2n) is 7.69. The summed E-state index contributed by atoms with van der Waals surface area (Å²) in [6, 6.07) is 22.6. The molecule has 0 radical (unpaired) electrons. The first-order chi connectivity index (χ1) is 16.0. The van der Waals surface area contributed by atoms with E-state index in [4.69, 9.17) is 14.5 Å². The quantitative estimate of drug-likeness (QED) is 0.292. The van der Waals surface area contributed by atoms with Crippen molar-refractivity contribution in [2.24, 2.45) is 0 Å². The van der Waals surface area contributed by atoms with Crippen LogP contribution in [0.2, 0.25) is 0 Å². The standard InChI is InChI=1S/C26H26BrN3O3/c1-18(28-26(31)19-8-10-20(27)11-9-19)25-29-23-6-3-4-7-24(23)30(25)16-5-17-33-22-14-12-21(32-2)13-15-22/h3-4,6-15,18H,5,16-17H2,1-2H3,(H,28,31). The van der Waals surface area contributed by atoms with Gasteiger partial charge in [0, 0.05) is 16.6 Å². The lowest BCUT2D eigenvalue weighted by Gasteiger charge is -2.17. The van der Waals surface area contributed by atoms with Crippen molar-refractivity contribution < 1.29 is 14.3 Å². The maximum atomic E-state index is 12.7. The van der Waals surface area contributed by atoms with E-state index >= 15 is 0 Å². The summed E-state index contributed by atoms with van der Waals surface area (Å²) in [4.78, 5) is 17.6. The first kappa shape index (κ1) is 22.9. The van der Waals surface area contributed by atoms with E-state index < -0.39 is 0 Å². The average Bonchev–Trinajstić information content (AvgIpc) is 3.21. The van der Waals surface area contributed by atoms with Gasteiger partial charge in [-0.1, -0.05) is 28.1 Å². The summed E-state index contributed by atoms with van der Waals surface area (Å²) in [5, 5.41) is 3.08. The van der Waals surface area contributed by atoms with Crippen LogP contribution in [0.4, 0.5) is 0 Å². The fourth-order valence-electron chi connectivity index (χ4n) is 3.69. The highest BCUT2D eigenvalue weighted by atomic mass is 79.9. The number of carbonyl (C=O) groups is 1. The van der Waals surface area contributed by atoms with Crippen molar-refractivity contribution >= 4 is 32.9 Å². The third kappa shape index (κ3) is 5.54. The maximum Gasteiger partial charge on any atom is 0.251 e. The first-order valence-electron chi connectivity index (χ1n) is 10.8. The summed E-state index contributed by atoms with van der Waals surface area (Å²) in [5.74, 6) is 2.31. The predicted molar refractivity (Wildman–Crippen MR) is 133 cm³/mol. The van der Waals surface area contributed by atoms with Crippen LogP contribution in [0.25, 0.3) is 11.0 Å². The number of ether oxygens (including phenoxy) is 2. The number of hydrogen-bond acceptors (Lipinski definition) is 4. The molecule has 1 unspecified atom stereocenters. The van der Waals surface area contributed by atoms with Gasteiger partial charge in [0.2, 0.25) is 0 Å². The van der Waals surface area contributed by atoms with E-state index in [1.54, 1.807) is 19.2 Å². The zero-order valence-electron chi connectivity index (χ0n) is 18.6. The second-order valence-corrected chi connectivity index (χ2v) is 8.61. The molecule has 3 aromatic carbocycles. The summed E-state index contributed by atoms with van der Waals surface area (Å²) < 4.78 is 14.2. The molecule has 0 fully saturated rings. The Balaban J connectivity index is 1.45. The number of nitrogens with zero attached hydrogens (tertiary/aromatic N) is 2. The van der Waals surface area contributed by atoms with Gasteiger partial charge in [-0.25, -0.2) is 4.98 Å². The normalized spacial score (nSPS) is 11.8. The van der Waals surface area contributed by atoms with Gasteiger partial charge in [0.15, 0.2) is 0 Å². The number of fused-ring (bicyclic) bond motifs is 1. The molecule has 1 atom stereocenters. The Hall–Kier alpha value is -3.32.